The first-order valence-electron chi connectivity index (χ1n) is 15.2. The highest BCUT2D eigenvalue weighted by molar-refractivity contribution is 6.02. The van der Waals surface area contributed by atoms with E-state index in [2.05, 4.69) is 78.2 Å². The van der Waals surface area contributed by atoms with Crippen LogP contribution in [0.5, 0.6) is 0 Å². The molecule has 3 heterocycles. The predicted octanol–water partition coefficient (Wildman–Crippen LogP) is 7.39. The molecule has 0 aromatic heterocycles. The van der Waals surface area contributed by atoms with E-state index in [1.165, 1.54) is 78.8 Å². The molecule has 1 N–H and O–H groups in total. The van der Waals surface area contributed by atoms with Gasteiger partial charge in [-0.05, 0) is 116 Å². The Bertz CT molecular complexity index is 1160. The smallest absolute Gasteiger partial charge is 0.0642 e. The topological polar surface area (TPSA) is 26.7 Å². The Kier molecular flexibility index (Phi) is 7.31. The number of rotatable bonds is 8. The summed E-state index contributed by atoms with van der Waals surface area (Å²) in [6.45, 7) is 9.18. The zero-order valence-corrected chi connectivity index (χ0v) is 23.0. The van der Waals surface area contributed by atoms with Gasteiger partial charge >= 0.3 is 0 Å². The molecule has 0 radical (unpaired) electrons. The average molecular weight is 499 g/mol. The summed E-state index contributed by atoms with van der Waals surface area (Å²) in [5, 5.41) is 16.6. The Labute approximate surface area is 223 Å². The molecular formula is C34H46N2O. The van der Waals surface area contributed by atoms with Crippen molar-refractivity contribution < 1.29 is 5.11 Å². The van der Waals surface area contributed by atoms with Gasteiger partial charge in [0, 0.05) is 25.2 Å². The van der Waals surface area contributed by atoms with Crippen molar-refractivity contribution in [1.29, 1.82) is 0 Å². The summed E-state index contributed by atoms with van der Waals surface area (Å²) in [4.78, 5) is 5.78. The number of piperidine rings is 3. The second-order valence-electron chi connectivity index (χ2n) is 12.4. The Morgan fingerprint density at radius 1 is 0.892 bits per heavy atom. The van der Waals surface area contributed by atoms with Gasteiger partial charge in [-0.25, -0.2) is 0 Å². The number of aliphatic hydroxyl groups is 1. The summed E-state index contributed by atoms with van der Waals surface area (Å²) in [6, 6.07) is 21.8. The predicted molar refractivity (Wildman–Crippen MR) is 156 cm³/mol. The van der Waals surface area contributed by atoms with Gasteiger partial charge in [0.2, 0.25) is 0 Å². The van der Waals surface area contributed by atoms with Gasteiger partial charge in [-0.15, -0.1) is 0 Å². The number of hydrogen-bond acceptors (Lipinski definition) is 3. The monoisotopic (exact) mass is 498 g/mol. The lowest BCUT2D eigenvalue weighted by atomic mass is 9.68. The van der Waals surface area contributed by atoms with Crippen molar-refractivity contribution in [3.63, 3.8) is 0 Å². The Hall–Kier alpha value is -1.94. The lowest BCUT2D eigenvalue weighted by Gasteiger charge is -2.58. The van der Waals surface area contributed by atoms with E-state index >= 15 is 0 Å². The van der Waals surface area contributed by atoms with Crippen LogP contribution in [-0.2, 0) is 6.54 Å². The van der Waals surface area contributed by atoms with Crippen molar-refractivity contribution in [1.82, 2.24) is 9.80 Å². The summed E-state index contributed by atoms with van der Waals surface area (Å²) >= 11 is 0. The van der Waals surface area contributed by atoms with Crippen LogP contribution in [-0.4, -0.2) is 52.2 Å². The molecular weight excluding hydrogens is 452 g/mol. The highest BCUT2D eigenvalue weighted by Crippen LogP contribution is 2.44. The van der Waals surface area contributed by atoms with Crippen LogP contribution in [0.4, 0.5) is 0 Å². The first-order chi connectivity index (χ1) is 18.1. The maximum atomic E-state index is 11.0. The van der Waals surface area contributed by atoms with Gasteiger partial charge < -0.3 is 5.11 Å². The van der Waals surface area contributed by atoms with Gasteiger partial charge in [-0.3, -0.25) is 9.80 Å². The van der Waals surface area contributed by atoms with Crippen LogP contribution in [0.15, 0.2) is 54.6 Å². The molecule has 3 aromatic carbocycles. The van der Waals surface area contributed by atoms with Gasteiger partial charge in [0.15, 0.2) is 0 Å². The van der Waals surface area contributed by atoms with Crippen LogP contribution >= 0.6 is 0 Å². The first-order valence-corrected chi connectivity index (χ1v) is 15.2. The standard InChI is InChI=1S/C34H46N2O/c1-3-34(37,4-2)19-9-18-32-30-17-11-21-35-20-10-14-27(33(30)35)23-36(32)24-31-28-15-7-5-12-25(28)22-26-13-6-8-16-29(26)31/h5-8,12-13,15-16,22,27,30,32-33,37H,3-4,9-11,14,17-21,23-24H2,1-2H3/t27-,30-,32-,33+/m1/s1. The van der Waals surface area contributed by atoms with Crippen molar-refractivity contribution in [2.45, 2.75) is 95.9 Å². The molecule has 3 fully saturated rings. The van der Waals surface area contributed by atoms with Crippen molar-refractivity contribution in [3.05, 3.63) is 60.2 Å². The van der Waals surface area contributed by atoms with Crippen LogP contribution in [0.2, 0.25) is 0 Å². The fourth-order valence-electron chi connectivity index (χ4n) is 8.39. The molecule has 0 spiro atoms. The SMILES string of the molecule is CCC(O)(CC)CCC[C@@H]1[C@H]2CCCN3CCC[C@H](CN1Cc1c4ccccc4cc4ccccc14)[C@@H]23. The van der Waals surface area contributed by atoms with Crippen LogP contribution in [0.3, 0.4) is 0 Å². The molecule has 3 aromatic rings. The van der Waals surface area contributed by atoms with Crippen molar-refractivity contribution >= 4 is 21.5 Å². The van der Waals surface area contributed by atoms with Gasteiger partial charge in [-0.2, -0.15) is 0 Å². The number of fused-ring (bicyclic) bond motifs is 2. The van der Waals surface area contributed by atoms with Gasteiger partial charge in [0.05, 0.1) is 5.60 Å². The van der Waals surface area contributed by atoms with Gasteiger partial charge in [-0.1, -0.05) is 62.4 Å². The lowest BCUT2D eigenvalue weighted by Crippen LogP contribution is -2.64. The van der Waals surface area contributed by atoms with Gasteiger partial charge in [0.1, 0.15) is 0 Å². The van der Waals surface area contributed by atoms with E-state index in [0.29, 0.717) is 6.04 Å². The Morgan fingerprint density at radius 2 is 1.54 bits per heavy atom. The third-order valence-corrected chi connectivity index (χ3v) is 10.5. The third-order valence-electron chi connectivity index (χ3n) is 10.5. The Morgan fingerprint density at radius 3 is 2.22 bits per heavy atom. The molecule has 0 unspecified atom stereocenters. The maximum absolute atomic E-state index is 11.0. The largest absolute Gasteiger partial charge is 0.390 e. The van der Waals surface area contributed by atoms with Crippen LogP contribution < -0.4 is 0 Å². The fraction of sp³-hybridized carbons (Fsp3) is 0.588. The highest BCUT2D eigenvalue weighted by atomic mass is 16.3. The van der Waals surface area contributed by atoms with E-state index < -0.39 is 5.60 Å². The number of nitrogens with zero attached hydrogens (tertiary/aromatic N) is 2. The Balaban J connectivity index is 1.36. The fourth-order valence-corrected chi connectivity index (χ4v) is 8.39. The molecule has 0 bridgehead atoms. The quantitative estimate of drug-likeness (QED) is 0.328. The summed E-state index contributed by atoms with van der Waals surface area (Å²) in [5.74, 6) is 1.57. The van der Waals surface area contributed by atoms with Crippen LogP contribution in [0.1, 0.15) is 77.2 Å². The lowest BCUT2D eigenvalue weighted by molar-refractivity contribution is -0.0824. The van der Waals surface area contributed by atoms with Crippen molar-refractivity contribution in [2.75, 3.05) is 19.6 Å². The second-order valence-corrected chi connectivity index (χ2v) is 12.4. The van der Waals surface area contributed by atoms with E-state index in [0.717, 1.165) is 50.1 Å². The minimum absolute atomic E-state index is 0.489. The van der Waals surface area contributed by atoms with E-state index in [4.69, 9.17) is 0 Å². The summed E-state index contributed by atoms with van der Waals surface area (Å²) in [7, 11) is 0. The summed E-state index contributed by atoms with van der Waals surface area (Å²) < 4.78 is 0. The molecule has 4 atom stereocenters. The maximum Gasteiger partial charge on any atom is 0.0642 e. The number of likely N-dealkylation sites (tertiary alicyclic amines) is 1. The zero-order valence-electron chi connectivity index (χ0n) is 23.0. The minimum atomic E-state index is -0.489. The average Bonchev–Trinajstić information content (AvgIpc) is 2.94. The van der Waals surface area contributed by atoms with Crippen LogP contribution in [0.25, 0.3) is 21.5 Å². The molecule has 0 aliphatic carbocycles. The molecule has 3 heteroatoms. The van der Waals surface area contributed by atoms with E-state index in [1.807, 2.05) is 0 Å². The van der Waals surface area contributed by atoms with Crippen LogP contribution in [0, 0.1) is 11.8 Å². The molecule has 0 saturated carbocycles. The normalized spacial score (nSPS) is 27.0. The van der Waals surface area contributed by atoms with E-state index in [-0.39, 0.29) is 0 Å². The molecule has 6 rings (SSSR count). The first kappa shape index (κ1) is 25.3. The van der Waals surface area contributed by atoms with Crippen molar-refractivity contribution in [3.8, 4) is 0 Å². The molecule has 3 aliphatic heterocycles. The summed E-state index contributed by atoms with van der Waals surface area (Å²) in [5.41, 5.74) is 1.02. The number of hydrogen-bond donors (Lipinski definition) is 1. The van der Waals surface area contributed by atoms with Gasteiger partial charge in [0.25, 0.3) is 0 Å². The zero-order chi connectivity index (χ0) is 25.4. The molecule has 37 heavy (non-hydrogen) atoms. The summed E-state index contributed by atoms with van der Waals surface area (Å²) in [6.07, 6.45) is 10.5. The van der Waals surface area contributed by atoms with E-state index in [1.54, 1.807) is 0 Å². The third kappa shape index (κ3) is 4.84. The molecule has 3 aliphatic rings. The molecule has 3 nitrogen and oxygen atoms in total. The highest BCUT2D eigenvalue weighted by Gasteiger charge is 2.48. The number of benzene rings is 3. The minimum Gasteiger partial charge on any atom is -0.390 e. The second kappa shape index (κ2) is 10.7. The van der Waals surface area contributed by atoms with E-state index in [9.17, 15) is 5.11 Å². The van der Waals surface area contributed by atoms with Crippen molar-refractivity contribution in [2.24, 2.45) is 11.8 Å². The molecule has 0 amide bonds. The molecule has 198 valence electrons. The molecule has 3 saturated heterocycles.